The number of aliphatic hydroxyl groups excluding tert-OH is 3. The molecule has 1 aliphatic heterocycles. The Hall–Kier alpha value is -0.410. The second kappa shape index (κ2) is 5.66. The van der Waals surface area contributed by atoms with E-state index in [1.807, 2.05) is 0 Å². The van der Waals surface area contributed by atoms with Crippen molar-refractivity contribution in [1.82, 2.24) is 9.55 Å². The lowest BCUT2D eigenvalue weighted by atomic mass is 10.1. The molecule has 4 atom stereocenters. The Labute approximate surface area is 138 Å². The van der Waals surface area contributed by atoms with Crippen LogP contribution in [-0.4, -0.2) is 49.8 Å². The summed E-state index contributed by atoms with van der Waals surface area (Å²) in [4.78, 5) is 4.26. The minimum atomic E-state index is -1.21. The van der Waals surface area contributed by atoms with Crippen LogP contribution in [0.15, 0.2) is 16.9 Å². The summed E-state index contributed by atoms with van der Waals surface area (Å²) in [6, 6.07) is 3.20. The second-order valence-electron chi connectivity index (χ2n) is 4.74. The minimum Gasteiger partial charge on any atom is -0.394 e. The molecule has 1 aliphatic rings. The number of rotatable bonds is 2. The van der Waals surface area contributed by atoms with Gasteiger partial charge in [0.25, 0.3) is 0 Å². The van der Waals surface area contributed by atoms with Crippen molar-refractivity contribution in [2.24, 2.45) is 0 Å². The lowest BCUT2D eigenvalue weighted by Gasteiger charge is -2.18. The highest BCUT2D eigenvalue weighted by molar-refractivity contribution is 9.10. The summed E-state index contributed by atoms with van der Waals surface area (Å²) in [6.07, 6.45) is -4.19. The average Bonchev–Trinajstić information content (AvgIpc) is 2.89. The van der Waals surface area contributed by atoms with E-state index in [-0.39, 0.29) is 0 Å². The van der Waals surface area contributed by atoms with Gasteiger partial charge in [0.05, 0.1) is 17.1 Å². The number of halogens is 3. The predicted octanol–water partition coefficient (Wildman–Crippen LogP) is 1.72. The predicted molar refractivity (Wildman–Crippen MR) is 80.5 cm³/mol. The van der Waals surface area contributed by atoms with Crippen molar-refractivity contribution in [2.75, 3.05) is 6.61 Å². The highest BCUT2D eigenvalue weighted by Crippen LogP contribution is 2.37. The molecule has 1 aromatic heterocycles. The van der Waals surface area contributed by atoms with Crippen molar-refractivity contribution in [3.63, 3.8) is 0 Å². The van der Waals surface area contributed by atoms with Gasteiger partial charge in [0.1, 0.15) is 23.8 Å². The Balaban J connectivity index is 2.15. The Morgan fingerprint density at radius 1 is 1.29 bits per heavy atom. The van der Waals surface area contributed by atoms with E-state index in [9.17, 15) is 10.2 Å². The summed E-state index contributed by atoms with van der Waals surface area (Å²) in [5, 5.41) is 29.9. The van der Waals surface area contributed by atoms with Gasteiger partial charge in [0, 0.05) is 5.02 Å². The first-order valence-corrected chi connectivity index (χ1v) is 7.64. The molecule has 0 radical (unpaired) electrons. The number of ether oxygens (including phenoxy) is 1. The Bertz CT molecular complexity index is 695. The van der Waals surface area contributed by atoms with E-state index in [0.717, 1.165) is 0 Å². The smallest absolute Gasteiger partial charge is 0.180 e. The molecule has 1 aromatic carbocycles. The summed E-state index contributed by atoms with van der Waals surface area (Å²) in [5.41, 5.74) is 1.04. The first-order chi connectivity index (χ1) is 9.93. The maximum absolute atomic E-state index is 10.1. The third-order valence-corrected chi connectivity index (χ3v) is 4.51. The molecule has 0 bridgehead atoms. The Kier molecular flexibility index (Phi) is 4.17. The van der Waals surface area contributed by atoms with Crippen LogP contribution in [0.4, 0.5) is 0 Å². The largest absolute Gasteiger partial charge is 0.394 e. The van der Waals surface area contributed by atoms with Crippen LogP contribution in [0.25, 0.3) is 11.0 Å². The molecular weight excluding hydrogens is 387 g/mol. The summed E-state index contributed by atoms with van der Waals surface area (Å²) in [7, 11) is 0. The summed E-state index contributed by atoms with van der Waals surface area (Å²) >= 11 is 15.4. The molecule has 3 N–H and O–H groups in total. The molecule has 1 unspecified atom stereocenters. The number of benzene rings is 1. The number of imidazole rings is 1. The standard InChI is InChI=1S/C12H11BrCl2N2O4/c13-12-16-8-5(15)1-4(14)2-6(8)17(12)11-10(20)9(19)7(3-18)21-11/h1-2,7,9-11,18-20H,3H2/t7-,9-,10-,11?/m1/s1. The molecule has 0 amide bonds. The maximum atomic E-state index is 10.1. The Morgan fingerprint density at radius 3 is 2.62 bits per heavy atom. The van der Waals surface area contributed by atoms with Gasteiger partial charge in [0.15, 0.2) is 11.0 Å². The van der Waals surface area contributed by atoms with Crippen molar-refractivity contribution in [3.8, 4) is 0 Å². The van der Waals surface area contributed by atoms with Crippen LogP contribution in [0, 0.1) is 0 Å². The van der Waals surface area contributed by atoms with Gasteiger partial charge in [-0.25, -0.2) is 4.98 Å². The third kappa shape index (κ3) is 2.46. The van der Waals surface area contributed by atoms with Crippen molar-refractivity contribution >= 4 is 50.2 Å². The molecule has 0 aliphatic carbocycles. The van der Waals surface area contributed by atoms with Crippen LogP contribution < -0.4 is 0 Å². The van der Waals surface area contributed by atoms with Gasteiger partial charge in [0.2, 0.25) is 0 Å². The lowest BCUT2D eigenvalue weighted by Crippen LogP contribution is -2.33. The molecule has 2 heterocycles. The van der Waals surface area contributed by atoms with E-state index in [4.69, 9.17) is 33.0 Å². The zero-order chi connectivity index (χ0) is 15.3. The van der Waals surface area contributed by atoms with Crippen molar-refractivity contribution in [3.05, 3.63) is 26.9 Å². The lowest BCUT2D eigenvalue weighted by molar-refractivity contribution is -0.0518. The van der Waals surface area contributed by atoms with E-state index in [1.165, 1.54) is 4.57 Å². The first kappa shape index (κ1) is 15.5. The zero-order valence-electron chi connectivity index (χ0n) is 10.4. The highest BCUT2D eigenvalue weighted by Gasteiger charge is 2.44. The fourth-order valence-electron chi connectivity index (χ4n) is 2.43. The SMILES string of the molecule is OC[C@H]1OC(n2c(Br)nc3c(Cl)cc(Cl)cc32)[C@H](O)[C@@H]1O. The van der Waals surface area contributed by atoms with Crippen LogP contribution in [0.3, 0.4) is 0 Å². The normalized spacial score (nSPS) is 29.4. The maximum Gasteiger partial charge on any atom is 0.180 e. The van der Waals surface area contributed by atoms with E-state index in [0.29, 0.717) is 25.8 Å². The van der Waals surface area contributed by atoms with Crippen molar-refractivity contribution in [2.45, 2.75) is 24.5 Å². The molecule has 21 heavy (non-hydrogen) atoms. The fourth-order valence-corrected chi connectivity index (χ4v) is 3.52. The molecule has 9 heteroatoms. The van der Waals surface area contributed by atoms with Gasteiger partial charge in [-0.1, -0.05) is 23.2 Å². The first-order valence-electron chi connectivity index (χ1n) is 6.09. The number of fused-ring (bicyclic) bond motifs is 1. The number of hydrogen-bond donors (Lipinski definition) is 3. The molecule has 1 fully saturated rings. The molecule has 0 saturated carbocycles. The van der Waals surface area contributed by atoms with Crippen molar-refractivity contribution in [1.29, 1.82) is 0 Å². The van der Waals surface area contributed by atoms with Crippen LogP contribution in [-0.2, 0) is 4.74 Å². The topological polar surface area (TPSA) is 87.7 Å². The minimum absolute atomic E-state index is 0.365. The second-order valence-corrected chi connectivity index (χ2v) is 6.29. The molecule has 114 valence electrons. The average molecular weight is 398 g/mol. The summed E-state index contributed by atoms with van der Waals surface area (Å²) < 4.78 is 7.42. The van der Waals surface area contributed by atoms with Gasteiger partial charge in [-0.15, -0.1) is 0 Å². The van der Waals surface area contributed by atoms with Crippen LogP contribution in [0.2, 0.25) is 10.0 Å². The summed E-state index contributed by atoms with van der Waals surface area (Å²) in [6.45, 7) is -0.402. The Morgan fingerprint density at radius 2 is 2.00 bits per heavy atom. The molecule has 2 aromatic rings. The van der Waals surface area contributed by atoms with Gasteiger partial charge < -0.3 is 20.1 Å². The molecule has 0 spiro atoms. The van der Waals surface area contributed by atoms with Gasteiger partial charge in [-0.2, -0.15) is 0 Å². The fraction of sp³-hybridized carbons (Fsp3) is 0.417. The summed E-state index contributed by atoms with van der Waals surface area (Å²) in [5.74, 6) is 0. The van der Waals surface area contributed by atoms with Gasteiger partial charge >= 0.3 is 0 Å². The van der Waals surface area contributed by atoms with E-state index >= 15 is 0 Å². The zero-order valence-corrected chi connectivity index (χ0v) is 13.5. The third-order valence-electron chi connectivity index (χ3n) is 3.44. The van der Waals surface area contributed by atoms with E-state index in [2.05, 4.69) is 20.9 Å². The number of aliphatic hydroxyl groups is 3. The van der Waals surface area contributed by atoms with Crippen LogP contribution in [0.5, 0.6) is 0 Å². The van der Waals surface area contributed by atoms with E-state index in [1.54, 1.807) is 12.1 Å². The van der Waals surface area contributed by atoms with Crippen molar-refractivity contribution < 1.29 is 20.1 Å². The van der Waals surface area contributed by atoms with E-state index < -0.39 is 31.1 Å². The number of nitrogens with zero attached hydrogens (tertiary/aromatic N) is 2. The van der Waals surface area contributed by atoms with Crippen LogP contribution >= 0.6 is 39.1 Å². The molecule has 3 rings (SSSR count). The van der Waals surface area contributed by atoms with Gasteiger partial charge in [-0.05, 0) is 28.1 Å². The molecule has 1 saturated heterocycles. The molecular formula is C12H11BrCl2N2O4. The highest BCUT2D eigenvalue weighted by atomic mass is 79.9. The van der Waals surface area contributed by atoms with Crippen LogP contribution in [0.1, 0.15) is 6.23 Å². The number of aromatic nitrogens is 2. The van der Waals surface area contributed by atoms with Gasteiger partial charge in [-0.3, -0.25) is 4.57 Å². The number of hydrogen-bond acceptors (Lipinski definition) is 5. The molecule has 6 nitrogen and oxygen atoms in total. The monoisotopic (exact) mass is 396 g/mol. The quantitative estimate of drug-likeness (QED) is 0.718.